The van der Waals surface area contributed by atoms with E-state index in [1.165, 1.54) is 29.5 Å². The molecule has 136 valence electrons. The van der Waals surface area contributed by atoms with Gasteiger partial charge in [-0.05, 0) is 37.6 Å². The van der Waals surface area contributed by atoms with Gasteiger partial charge in [0.25, 0.3) is 0 Å². The van der Waals surface area contributed by atoms with Gasteiger partial charge in [-0.15, -0.1) is 11.3 Å². The van der Waals surface area contributed by atoms with Crippen molar-refractivity contribution in [2.45, 2.75) is 25.3 Å². The fraction of sp³-hybridized carbons (Fsp3) is 0.167. The molecule has 26 heavy (non-hydrogen) atoms. The summed E-state index contributed by atoms with van der Waals surface area (Å²) in [4.78, 5) is 5.53. The van der Waals surface area contributed by atoms with E-state index in [1.807, 2.05) is 38.1 Å². The van der Waals surface area contributed by atoms with E-state index in [-0.39, 0.29) is 16.5 Å². The number of nitrogens with zero attached hydrogens (tertiary/aromatic N) is 1. The van der Waals surface area contributed by atoms with Crippen LogP contribution in [-0.4, -0.2) is 13.4 Å². The molecule has 0 aliphatic carbocycles. The molecule has 0 spiro atoms. The van der Waals surface area contributed by atoms with Gasteiger partial charge in [0.1, 0.15) is 5.01 Å². The minimum absolute atomic E-state index is 0.0770. The number of nitrogens with one attached hydrogen (secondary N) is 1. The van der Waals surface area contributed by atoms with E-state index in [0.29, 0.717) is 5.02 Å². The molecule has 3 rings (SSSR count). The van der Waals surface area contributed by atoms with E-state index in [4.69, 9.17) is 23.2 Å². The minimum atomic E-state index is -3.69. The quantitative estimate of drug-likeness (QED) is 0.608. The second kappa shape index (κ2) is 7.66. The Hall–Kier alpha value is -1.44. The van der Waals surface area contributed by atoms with Crippen molar-refractivity contribution < 1.29 is 8.42 Å². The van der Waals surface area contributed by atoms with E-state index >= 15 is 0 Å². The Labute approximate surface area is 166 Å². The SMILES string of the molecule is Cc1ccccc1-c1nc(C)c(CNS(=O)(=O)c2ccc(Cl)c(Cl)c2)s1. The van der Waals surface area contributed by atoms with E-state index in [0.717, 1.165) is 26.7 Å². The van der Waals surface area contributed by atoms with Crippen LogP contribution in [0.15, 0.2) is 47.4 Å². The zero-order chi connectivity index (χ0) is 18.9. The molecule has 1 heterocycles. The number of hydrogen-bond donors (Lipinski definition) is 1. The van der Waals surface area contributed by atoms with Crippen molar-refractivity contribution in [3.05, 3.63) is 68.6 Å². The second-order valence-corrected chi connectivity index (χ2v) is 9.41. The summed E-state index contributed by atoms with van der Waals surface area (Å²) in [5.74, 6) is 0. The molecule has 0 unspecified atom stereocenters. The third-order valence-corrected chi connectivity index (χ3v) is 7.22. The number of aromatic nitrogens is 1. The van der Waals surface area contributed by atoms with Crippen LogP contribution in [0.1, 0.15) is 16.1 Å². The minimum Gasteiger partial charge on any atom is -0.241 e. The van der Waals surface area contributed by atoms with Gasteiger partial charge in [0.05, 0.1) is 20.6 Å². The lowest BCUT2D eigenvalue weighted by Crippen LogP contribution is -2.23. The van der Waals surface area contributed by atoms with Crippen LogP contribution in [0.5, 0.6) is 0 Å². The summed E-state index contributed by atoms with van der Waals surface area (Å²) in [7, 11) is -3.69. The van der Waals surface area contributed by atoms with Crippen LogP contribution < -0.4 is 4.72 Å². The maximum atomic E-state index is 12.5. The van der Waals surface area contributed by atoms with Gasteiger partial charge in [0.2, 0.25) is 10.0 Å². The number of sulfonamides is 1. The Balaban J connectivity index is 1.81. The zero-order valence-corrected chi connectivity index (χ0v) is 17.2. The third-order valence-electron chi connectivity index (χ3n) is 3.89. The number of rotatable bonds is 5. The maximum absolute atomic E-state index is 12.5. The van der Waals surface area contributed by atoms with Crippen molar-refractivity contribution >= 4 is 44.6 Å². The monoisotopic (exact) mass is 426 g/mol. The molecule has 2 aromatic carbocycles. The van der Waals surface area contributed by atoms with Crippen molar-refractivity contribution in [1.82, 2.24) is 9.71 Å². The van der Waals surface area contributed by atoms with Gasteiger partial charge in [-0.2, -0.15) is 0 Å². The summed E-state index contributed by atoms with van der Waals surface area (Å²) in [6, 6.07) is 12.2. The standard InChI is InChI=1S/C18H16Cl2N2O2S2/c1-11-5-3-4-6-14(11)18-22-12(2)17(25-18)10-21-26(23,24)13-7-8-15(19)16(20)9-13/h3-9,21H,10H2,1-2H3. The lowest BCUT2D eigenvalue weighted by molar-refractivity contribution is 0.581. The van der Waals surface area contributed by atoms with Crippen LogP contribution in [0.25, 0.3) is 10.6 Å². The Kier molecular flexibility index (Phi) is 5.69. The highest BCUT2D eigenvalue weighted by atomic mass is 35.5. The molecule has 0 aliphatic heterocycles. The smallest absolute Gasteiger partial charge is 0.240 e. The summed E-state index contributed by atoms with van der Waals surface area (Å²) in [6.07, 6.45) is 0. The van der Waals surface area contributed by atoms with Crippen LogP contribution in [0.3, 0.4) is 0 Å². The first-order valence-corrected chi connectivity index (χ1v) is 10.8. The molecule has 1 aromatic heterocycles. The molecule has 1 N–H and O–H groups in total. The molecule has 3 aromatic rings. The van der Waals surface area contributed by atoms with Gasteiger partial charge in [0.15, 0.2) is 0 Å². The molecule has 0 saturated heterocycles. The van der Waals surface area contributed by atoms with Crippen molar-refractivity contribution in [2.75, 3.05) is 0 Å². The van der Waals surface area contributed by atoms with Crippen LogP contribution in [0.2, 0.25) is 10.0 Å². The van der Waals surface area contributed by atoms with Gasteiger partial charge in [-0.3, -0.25) is 0 Å². The van der Waals surface area contributed by atoms with E-state index in [1.54, 1.807) is 0 Å². The van der Waals surface area contributed by atoms with Crippen molar-refractivity contribution in [2.24, 2.45) is 0 Å². The number of aryl methyl sites for hydroxylation is 2. The summed E-state index contributed by atoms with van der Waals surface area (Å²) in [5.41, 5.74) is 2.99. The highest BCUT2D eigenvalue weighted by molar-refractivity contribution is 7.89. The van der Waals surface area contributed by atoms with Crippen molar-refractivity contribution in [3.63, 3.8) is 0 Å². The van der Waals surface area contributed by atoms with Gasteiger partial charge in [-0.25, -0.2) is 18.1 Å². The molecule has 0 aliphatic rings. The van der Waals surface area contributed by atoms with Crippen LogP contribution in [-0.2, 0) is 16.6 Å². The molecule has 0 atom stereocenters. The number of thiazole rings is 1. The van der Waals surface area contributed by atoms with Gasteiger partial charge in [0, 0.05) is 17.0 Å². The average Bonchev–Trinajstić information content (AvgIpc) is 2.96. The van der Waals surface area contributed by atoms with Crippen LogP contribution in [0, 0.1) is 13.8 Å². The highest BCUT2D eigenvalue weighted by Crippen LogP contribution is 2.30. The molecule has 0 bridgehead atoms. The second-order valence-electron chi connectivity index (χ2n) is 5.74. The Bertz CT molecular complexity index is 1060. The Morgan fingerprint density at radius 3 is 2.50 bits per heavy atom. The topological polar surface area (TPSA) is 59.1 Å². The largest absolute Gasteiger partial charge is 0.241 e. The average molecular weight is 427 g/mol. The first-order chi connectivity index (χ1) is 12.3. The number of benzene rings is 2. The van der Waals surface area contributed by atoms with E-state index in [9.17, 15) is 8.42 Å². The first-order valence-electron chi connectivity index (χ1n) is 7.75. The predicted molar refractivity (Wildman–Crippen MR) is 108 cm³/mol. The summed E-state index contributed by atoms with van der Waals surface area (Å²) in [5, 5.41) is 1.39. The molecule has 0 saturated carbocycles. The van der Waals surface area contributed by atoms with E-state index in [2.05, 4.69) is 9.71 Å². The highest BCUT2D eigenvalue weighted by Gasteiger charge is 2.18. The van der Waals surface area contributed by atoms with Gasteiger partial charge in [-0.1, -0.05) is 47.5 Å². The number of halogens is 2. The summed E-state index contributed by atoms with van der Waals surface area (Å²) >= 11 is 13.2. The molecule has 0 amide bonds. The van der Waals surface area contributed by atoms with Crippen LogP contribution >= 0.6 is 34.5 Å². The third kappa shape index (κ3) is 4.10. The molecule has 0 radical (unpaired) electrons. The lowest BCUT2D eigenvalue weighted by atomic mass is 10.1. The van der Waals surface area contributed by atoms with Crippen LogP contribution in [0.4, 0.5) is 0 Å². The summed E-state index contributed by atoms with van der Waals surface area (Å²) in [6.45, 7) is 4.07. The Morgan fingerprint density at radius 2 is 1.81 bits per heavy atom. The lowest BCUT2D eigenvalue weighted by Gasteiger charge is -2.07. The molecular weight excluding hydrogens is 411 g/mol. The number of hydrogen-bond acceptors (Lipinski definition) is 4. The van der Waals surface area contributed by atoms with Gasteiger partial charge >= 0.3 is 0 Å². The fourth-order valence-corrected chi connectivity index (χ4v) is 4.98. The Morgan fingerprint density at radius 1 is 1.08 bits per heavy atom. The fourth-order valence-electron chi connectivity index (χ4n) is 2.41. The zero-order valence-electron chi connectivity index (χ0n) is 14.1. The molecule has 8 heteroatoms. The first kappa shape index (κ1) is 19.3. The molecular formula is C18H16Cl2N2O2S2. The normalized spacial score (nSPS) is 11.7. The van der Waals surface area contributed by atoms with Gasteiger partial charge < -0.3 is 0 Å². The molecule has 4 nitrogen and oxygen atoms in total. The van der Waals surface area contributed by atoms with Crippen molar-refractivity contribution in [1.29, 1.82) is 0 Å². The summed E-state index contributed by atoms with van der Waals surface area (Å²) < 4.78 is 27.6. The predicted octanol–water partition coefficient (Wildman–Crippen LogP) is 5.21. The van der Waals surface area contributed by atoms with E-state index < -0.39 is 10.0 Å². The maximum Gasteiger partial charge on any atom is 0.240 e. The molecule has 0 fully saturated rings. The van der Waals surface area contributed by atoms with Crippen molar-refractivity contribution in [3.8, 4) is 10.6 Å².